The smallest absolute Gasteiger partial charge is 0.274 e. The summed E-state index contributed by atoms with van der Waals surface area (Å²) in [5.41, 5.74) is 0. The Hall–Kier alpha value is -0.200. The summed E-state index contributed by atoms with van der Waals surface area (Å²) in [5.74, 6) is -2.46. The summed E-state index contributed by atoms with van der Waals surface area (Å²) in [7, 11) is 0. The van der Waals surface area contributed by atoms with Crippen LogP contribution in [0.1, 0.15) is 19.8 Å². The lowest BCUT2D eigenvalue weighted by Gasteiger charge is -2.08. The molecule has 0 rings (SSSR count). The van der Waals surface area contributed by atoms with Gasteiger partial charge in [0.25, 0.3) is 5.97 Å². The van der Waals surface area contributed by atoms with Gasteiger partial charge in [-0.2, -0.15) is 0 Å². The van der Waals surface area contributed by atoms with E-state index < -0.39 is 5.97 Å². The Morgan fingerprint density at radius 2 is 1.27 bits per heavy atom. The molecule has 0 bridgehead atoms. The normalized spacial score (nSPS) is 10.4. The van der Waals surface area contributed by atoms with Crippen LogP contribution in [-0.4, -0.2) is 44.7 Å². The summed E-state index contributed by atoms with van der Waals surface area (Å²) in [6, 6.07) is 0. The van der Waals surface area contributed by atoms with E-state index >= 15 is 0 Å². The second-order valence-corrected chi connectivity index (χ2v) is 1.93. The van der Waals surface area contributed by atoms with E-state index in [0.717, 1.165) is 0 Å². The molecule has 0 fully saturated rings. The highest BCUT2D eigenvalue weighted by Crippen LogP contribution is 1.95. The summed E-state index contributed by atoms with van der Waals surface area (Å²) in [4.78, 5) is 0. The van der Waals surface area contributed by atoms with Gasteiger partial charge < -0.3 is 25.5 Å². The molecule has 0 atom stereocenters. The lowest BCUT2D eigenvalue weighted by molar-refractivity contribution is -0.312. The third-order valence-corrected chi connectivity index (χ3v) is 0.791. The SMILES string of the molecule is CCC(O)(O)O.OCCCO. The Labute approximate surface area is 65.5 Å². The van der Waals surface area contributed by atoms with E-state index in [1.807, 2.05) is 0 Å². The van der Waals surface area contributed by atoms with E-state index in [2.05, 4.69) is 0 Å². The maximum absolute atomic E-state index is 7.94. The summed E-state index contributed by atoms with van der Waals surface area (Å²) < 4.78 is 0. The van der Waals surface area contributed by atoms with Crippen molar-refractivity contribution in [1.29, 1.82) is 0 Å². The van der Waals surface area contributed by atoms with Crippen molar-refractivity contribution in [1.82, 2.24) is 0 Å². The monoisotopic (exact) mass is 168 g/mol. The van der Waals surface area contributed by atoms with Crippen molar-refractivity contribution < 1.29 is 25.5 Å². The topological polar surface area (TPSA) is 101 Å². The van der Waals surface area contributed by atoms with E-state index in [-0.39, 0.29) is 19.6 Å². The van der Waals surface area contributed by atoms with Gasteiger partial charge in [-0.1, -0.05) is 6.92 Å². The van der Waals surface area contributed by atoms with Gasteiger partial charge in [0.05, 0.1) is 0 Å². The van der Waals surface area contributed by atoms with Gasteiger partial charge in [0.1, 0.15) is 0 Å². The summed E-state index contributed by atoms with van der Waals surface area (Å²) in [6.45, 7) is 1.65. The standard InChI is InChI=1S/C3H8O3.C3H8O2/c1-2-3(4,5)6;4-2-1-3-5/h4-6H,2H2,1H3;4-5H,1-3H2. The molecule has 0 aliphatic carbocycles. The van der Waals surface area contributed by atoms with E-state index in [1.54, 1.807) is 0 Å². The quantitative estimate of drug-likeness (QED) is 0.326. The van der Waals surface area contributed by atoms with Crippen molar-refractivity contribution in [2.24, 2.45) is 0 Å². The zero-order valence-electron chi connectivity index (χ0n) is 6.56. The van der Waals surface area contributed by atoms with Crippen LogP contribution in [0.4, 0.5) is 0 Å². The minimum absolute atomic E-state index is 0.0625. The minimum atomic E-state index is -2.46. The molecule has 0 amide bonds. The van der Waals surface area contributed by atoms with Crippen LogP contribution < -0.4 is 0 Å². The fourth-order valence-corrected chi connectivity index (χ4v) is 0.0707. The van der Waals surface area contributed by atoms with Crippen LogP contribution >= 0.6 is 0 Å². The first kappa shape index (κ1) is 13.4. The minimum Gasteiger partial charge on any atom is -0.396 e. The maximum Gasteiger partial charge on any atom is 0.274 e. The highest BCUT2D eigenvalue weighted by atomic mass is 16.7. The molecular formula is C6H16O5. The van der Waals surface area contributed by atoms with Crippen LogP contribution in [0.5, 0.6) is 0 Å². The second-order valence-electron chi connectivity index (χ2n) is 1.93. The largest absolute Gasteiger partial charge is 0.396 e. The van der Waals surface area contributed by atoms with Crippen LogP contribution in [0.25, 0.3) is 0 Å². The van der Waals surface area contributed by atoms with E-state index in [4.69, 9.17) is 25.5 Å². The molecule has 0 aliphatic heterocycles. The van der Waals surface area contributed by atoms with Crippen LogP contribution in [0, 0.1) is 0 Å². The highest BCUT2D eigenvalue weighted by Gasteiger charge is 2.11. The molecule has 0 saturated carbocycles. The van der Waals surface area contributed by atoms with Crippen LogP contribution in [-0.2, 0) is 0 Å². The molecule has 0 spiro atoms. The Balaban J connectivity index is 0. The number of aliphatic hydroxyl groups is 5. The molecule has 5 nitrogen and oxygen atoms in total. The average Bonchev–Trinajstić information content (AvgIpc) is 1.90. The molecule has 70 valence electrons. The lowest BCUT2D eigenvalue weighted by Crippen LogP contribution is -2.24. The zero-order valence-corrected chi connectivity index (χ0v) is 6.56. The lowest BCUT2D eigenvalue weighted by atomic mass is 10.4. The van der Waals surface area contributed by atoms with Gasteiger partial charge in [0, 0.05) is 19.6 Å². The third kappa shape index (κ3) is 25.9. The molecule has 0 aromatic rings. The van der Waals surface area contributed by atoms with Crippen LogP contribution in [0.3, 0.4) is 0 Å². The van der Waals surface area contributed by atoms with Crippen LogP contribution in [0.2, 0.25) is 0 Å². The van der Waals surface area contributed by atoms with E-state index in [1.165, 1.54) is 6.92 Å². The maximum atomic E-state index is 7.94. The fraction of sp³-hybridized carbons (Fsp3) is 1.00. The van der Waals surface area contributed by atoms with Crippen LogP contribution in [0.15, 0.2) is 0 Å². The predicted octanol–water partition coefficient (Wildman–Crippen LogP) is -1.61. The number of hydrogen-bond acceptors (Lipinski definition) is 5. The molecule has 11 heavy (non-hydrogen) atoms. The van der Waals surface area contributed by atoms with Gasteiger partial charge in [-0.05, 0) is 6.42 Å². The molecule has 0 unspecified atom stereocenters. The van der Waals surface area contributed by atoms with Crippen molar-refractivity contribution in [3.05, 3.63) is 0 Å². The molecule has 0 aromatic carbocycles. The number of rotatable bonds is 3. The zero-order chi connectivity index (χ0) is 9.33. The first-order chi connectivity index (χ1) is 4.97. The molecule has 5 N–H and O–H groups in total. The van der Waals surface area contributed by atoms with Gasteiger partial charge in [0.15, 0.2) is 0 Å². The molecule has 5 heteroatoms. The summed E-state index contributed by atoms with van der Waals surface area (Å²) >= 11 is 0. The molecule has 0 aliphatic rings. The van der Waals surface area contributed by atoms with Gasteiger partial charge in [0.2, 0.25) is 0 Å². The van der Waals surface area contributed by atoms with Crippen molar-refractivity contribution in [2.75, 3.05) is 13.2 Å². The Morgan fingerprint density at radius 1 is 1.00 bits per heavy atom. The predicted molar refractivity (Wildman–Crippen MR) is 38.5 cm³/mol. The van der Waals surface area contributed by atoms with Crippen molar-refractivity contribution >= 4 is 0 Å². The first-order valence-electron chi connectivity index (χ1n) is 3.36. The number of aliphatic hydroxyl groups excluding tert-OH is 2. The van der Waals surface area contributed by atoms with Crippen molar-refractivity contribution in [3.8, 4) is 0 Å². The van der Waals surface area contributed by atoms with Crippen molar-refractivity contribution in [3.63, 3.8) is 0 Å². The van der Waals surface area contributed by atoms with Gasteiger partial charge >= 0.3 is 0 Å². The number of hydrogen-bond donors (Lipinski definition) is 5. The molecule has 0 aromatic heterocycles. The third-order valence-electron chi connectivity index (χ3n) is 0.791. The fourth-order valence-electron chi connectivity index (χ4n) is 0.0707. The first-order valence-corrected chi connectivity index (χ1v) is 3.36. The van der Waals surface area contributed by atoms with E-state index in [9.17, 15) is 0 Å². The van der Waals surface area contributed by atoms with E-state index in [0.29, 0.717) is 6.42 Å². The molecular weight excluding hydrogens is 152 g/mol. The van der Waals surface area contributed by atoms with Gasteiger partial charge in [-0.15, -0.1) is 0 Å². The van der Waals surface area contributed by atoms with Gasteiger partial charge in [-0.3, -0.25) is 0 Å². The Morgan fingerprint density at radius 3 is 1.27 bits per heavy atom. The summed E-state index contributed by atoms with van der Waals surface area (Å²) in [5, 5.41) is 39.6. The second kappa shape index (κ2) is 7.90. The van der Waals surface area contributed by atoms with Gasteiger partial charge in [-0.25, -0.2) is 0 Å². The average molecular weight is 168 g/mol. The molecule has 0 saturated heterocycles. The Bertz CT molecular complexity index is 65.9. The molecule has 0 radical (unpaired) electrons. The molecule has 0 heterocycles. The van der Waals surface area contributed by atoms with Crippen molar-refractivity contribution in [2.45, 2.75) is 25.7 Å². The highest BCUT2D eigenvalue weighted by molar-refractivity contribution is 4.35. The Kier molecular flexibility index (Phi) is 9.62. The summed E-state index contributed by atoms with van der Waals surface area (Å²) in [6.07, 6.45) is 0.438.